The summed E-state index contributed by atoms with van der Waals surface area (Å²) < 4.78 is 13.7. The van der Waals surface area contributed by atoms with Crippen LogP contribution in [0.4, 0.5) is 4.39 Å². The zero-order chi connectivity index (χ0) is 13.1. The molecule has 2 unspecified atom stereocenters. The van der Waals surface area contributed by atoms with Gasteiger partial charge in [0.25, 0.3) is 5.91 Å². The van der Waals surface area contributed by atoms with Crippen LogP contribution in [0.15, 0.2) is 22.7 Å². The van der Waals surface area contributed by atoms with Gasteiger partial charge >= 0.3 is 0 Å². The molecule has 2 N–H and O–H groups in total. The van der Waals surface area contributed by atoms with Crippen LogP contribution in [-0.2, 0) is 0 Å². The quantitative estimate of drug-likeness (QED) is 0.881. The molecule has 1 aliphatic rings. The number of nitrogens with one attached hydrogen (secondary N) is 1. The van der Waals surface area contributed by atoms with E-state index in [1.165, 1.54) is 12.1 Å². The summed E-state index contributed by atoms with van der Waals surface area (Å²) in [5, 5.41) is 12.5. The Bertz CT molecular complexity index is 432. The highest BCUT2D eigenvalue weighted by Crippen LogP contribution is 2.20. The predicted molar refractivity (Wildman–Crippen MR) is 69.8 cm³/mol. The summed E-state index contributed by atoms with van der Waals surface area (Å²) in [7, 11) is 0. The lowest BCUT2D eigenvalue weighted by Crippen LogP contribution is -2.45. The van der Waals surface area contributed by atoms with Gasteiger partial charge in [-0.3, -0.25) is 4.79 Å². The van der Waals surface area contributed by atoms with Gasteiger partial charge < -0.3 is 10.4 Å². The lowest BCUT2D eigenvalue weighted by molar-refractivity contribution is 0.0717. The molecule has 5 heteroatoms. The Morgan fingerprint density at radius 1 is 1.33 bits per heavy atom. The molecule has 18 heavy (non-hydrogen) atoms. The van der Waals surface area contributed by atoms with E-state index in [-0.39, 0.29) is 17.5 Å². The molecular formula is C13H15BrFNO2. The van der Waals surface area contributed by atoms with Crippen LogP contribution in [0.2, 0.25) is 0 Å². The smallest absolute Gasteiger partial charge is 0.251 e. The van der Waals surface area contributed by atoms with E-state index in [2.05, 4.69) is 21.2 Å². The molecule has 1 fully saturated rings. The Morgan fingerprint density at radius 2 is 2.06 bits per heavy atom. The van der Waals surface area contributed by atoms with Gasteiger partial charge in [-0.1, -0.05) is 28.8 Å². The minimum Gasteiger partial charge on any atom is -0.391 e. The maximum Gasteiger partial charge on any atom is 0.251 e. The third kappa shape index (κ3) is 3.29. The number of halogens is 2. The number of hydrogen-bond acceptors (Lipinski definition) is 2. The summed E-state index contributed by atoms with van der Waals surface area (Å²) in [6.07, 6.45) is 2.95. The number of benzene rings is 1. The number of rotatable bonds is 2. The Morgan fingerprint density at radius 3 is 2.72 bits per heavy atom. The highest BCUT2D eigenvalue weighted by molar-refractivity contribution is 9.10. The normalized spacial score (nSPS) is 23.7. The summed E-state index contributed by atoms with van der Waals surface area (Å²) in [6.45, 7) is 0. The van der Waals surface area contributed by atoms with Crippen molar-refractivity contribution in [2.75, 3.05) is 0 Å². The molecule has 0 heterocycles. The van der Waals surface area contributed by atoms with Crippen molar-refractivity contribution in [1.29, 1.82) is 0 Å². The molecule has 0 bridgehead atoms. The number of carbonyl (C=O) groups excluding carboxylic acids is 1. The Balaban J connectivity index is 2.06. The average molecular weight is 316 g/mol. The second-order valence-electron chi connectivity index (χ2n) is 4.59. The molecule has 1 amide bonds. The molecule has 1 aromatic rings. The number of amides is 1. The summed E-state index contributed by atoms with van der Waals surface area (Å²) in [5.41, 5.74) is 0.264. The van der Waals surface area contributed by atoms with E-state index in [1.807, 2.05) is 0 Å². The predicted octanol–water partition coefficient (Wildman–Crippen LogP) is 2.62. The van der Waals surface area contributed by atoms with Gasteiger partial charge in [0.2, 0.25) is 0 Å². The SMILES string of the molecule is O=C(NC1CCCCC1O)c1cc(F)cc(Br)c1. The van der Waals surface area contributed by atoms with Gasteiger partial charge in [-0.2, -0.15) is 0 Å². The molecule has 2 atom stereocenters. The fourth-order valence-corrected chi connectivity index (χ4v) is 2.68. The molecule has 2 rings (SSSR count). The van der Waals surface area contributed by atoms with Crippen molar-refractivity contribution in [2.45, 2.75) is 37.8 Å². The molecule has 0 radical (unpaired) electrons. The van der Waals surface area contributed by atoms with Crippen molar-refractivity contribution >= 4 is 21.8 Å². The van der Waals surface area contributed by atoms with E-state index in [0.717, 1.165) is 19.3 Å². The zero-order valence-corrected chi connectivity index (χ0v) is 11.4. The molecule has 1 aromatic carbocycles. The first-order valence-corrected chi connectivity index (χ1v) is 6.80. The Kier molecular flexibility index (Phi) is 4.35. The van der Waals surface area contributed by atoms with Gasteiger partial charge in [0, 0.05) is 10.0 Å². The minimum absolute atomic E-state index is 0.228. The van der Waals surface area contributed by atoms with E-state index >= 15 is 0 Å². The Labute approximate surface area is 114 Å². The van der Waals surface area contributed by atoms with Crippen LogP contribution in [0.25, 0.3) is 0 Å². The van der Waals surface area contributed by atoms with Crippen LogP contribution in [0.5, 0.6) is 0 Å². The van der Waals surface area contributed by atoms with Gasteiger partial charge in [0.05, 0.1) is 12.1 Å². The number of hydrogen-bond donors (Lipinski definition) is 2. The molecular weight excluding hydrogens is 301 g/mol. The van der Waals surface area contributed by atoms with Crippen molar-refractivity contribution in [3.8, 4) is 0 Å². The molecule has 3 nitrogen and oxygen atoms in total. The van der Waals surface area contributed by atoms with Crippen molar-refractivity contribution in [2.24, 2.45) is 0 Å². The van der Waals surface area contributed by atoms with E-state index in [1.54, 1.807) is 6.07 Å². The third-order valence-corrected chi connectivity index (χ3v) is 3.63. The van der Waals surface area contributed by atoms with Gasteiger partial charge in [-0.15, -0.1) is 0 Å². The number of carbonyl (C=O) groups is 1. The molecule has 0 aromatic heterocycles. The lowest BCUT2D eigenvalue weighted by atomic mass is 9.92. The molecule has 0 aliphatic heterocycles. The summed E-state index contributed by atoms with van der Waals surface area (Å²) >= 11 is 3.15. The van der Waals surface area contributed by atoms with Crippen LogP contribution < -0.4 is 5.32 Å². The van der Waals surface area contributed by atoms with Crippen molar-refractivity contribution < 1.29 is 14.3 Å². The molecule has 98 valence electrons. The lowest BCUT2D eigenvalue weighted by Gasteiger charge is -2.28. The molecule has 0 spiro atoms. The fraction of sp³-hybridized carbons (Fsp3) is 0.462. The van der Waals surface area contributed by atoms with E-state index < -0.39 is 11.9 Å². The van der Waals surface area contributed by atoms with Gasteiger partial charge in [0.1, 0.15) is 5.82 Å². The number of aliphatic hydroxyl groups is 1. The minimum atomic E-state index is -0.500. The first-order chi connectivity index (χ1) is 8.56. The van der Waals surface area contributed by atoms with Gasteiger partial charge in [-0.05, 0) is 31.0 Å². The first-order valence-electron chi connectivity index (χ1n) is 6.01. The largest absolute Gasteiger partial charge is 0.391 e. The summed E-state index contributed by atoms with van der Waals surface area (Å²) in [5.74, 6) is -0.806. The molecule has 0 saturated heterocycles. The van der Waals surface area contributed by atoms with Crippen LogP contribution in [0, 0.1) is 5.82 Å². The fourth-order valence-electron chi connectivity index (χ4n) is 2.22. The second kappa shape index (κ2) is 5.80. The number of aliphatic hydroxyl groups excluding tert-OH is 1. The zero-order valence-electron chi connectivity index (χ0n) is 9.83. The molecule has 1 aliphatic carbocycles. The highest BCUT2D eigenvalue weighted by Gasteiger charge is 2.24. The highest BCUT2D eigenvalue weighted by atomic mass is 79.9. The Hall–Kier alpha value is -0.940. The standard InChI is InChI=1S/C13H15BrFNO2/c14-9-5-8(6-10(15)7-9)13(18)16-11-3-1-2-4-12(11)17/h5-7,11-12,17H,1-4H2,(H,16,18). The molecule has 1 saturated carbocycles. The van der Waals surface area contributed by atoms with Gasteiger partial charge in [0.15, 0.2) is 0 Å². The maximum atomic E-state index is 13.2. The monoisotopic (exact) mass is 315 g/mol. The summed E-state index contributed by atoms with van der Waals surface area (Å²) in [4.78, 5) is 12.0. The third-order valence-electron chi connectivity index (χ3n) is 3.17. The topological polar surface area (TPSA) is 49.3 Å². The van der Waals surface area contributed by atoms with Crippen LogP contribution >= 0.6 is 15.9 Å². The van der Waals surface area contributed by atoms with E-state index in [4.69, 9.17) is 0 Å². The van der Waals surface area contributed by atoms with Gasteiger partial charge in [-0.25, -0.2) is 4.39 Å². The first kappa shape index (κ1) is 13.5. The van der Waals surface area contributed by atoms with E-state index in [9.17, 15) is 14.3 Å². The van der Waals surface area contributed by atoms with Crippen LogP contribution in [0.3, 0.4) is 0 Å². The van der Waals surface area contributed by atoms with Crippen molar-refractivity contribution in [3.63, 3.8) is 0 Å². The van der Waals surface area contributed by atoms with Crippen LogP contribution in [-0.4, -0.2) is 23.2 Å². The maximum absolute atomic E-state index is 13.2. The average Bonchev–Trinajstić information content (AvgIpc) is 2.31. The summed E-state index contributed by atoms with van der Waals surface area (Å²) in [6, 6.07) is 3.82. The van der Waals surface area contributed by atoms with Crippen molar-refractivity contribution in [1.82, 2.24) is 5.32 Å². The van der Waals surface area contributed by atoms with E-state index in [0.29, 0.717) is 10.9 Å². The van der Waals surface area contributed by atoms with Crippen LogP contribution in [0.1, 0.15) is 36.0 Å². The van der Waals surface area contributed by atoms with Crippen molar-refractivity contribution in [3.05, 3.63) is 34.1 Å². The second-order valence-corrected chi connectivity index (χ2v) is 5.51.